The molecular formula is C19H27ClN4O2. The lowest BCUT2D eigenvalue weighted by Crippen LogP contribution is -2.52. The van der Waals surface area contributed by atoms with Gasteiger partial charge in [-0.2, -0.15) is 0 Å². The minimum Gasteiger partial charge on any atom is -0.371 e. The number of benzene rings is 1. The summed E-state index contributed by atoms with van der Waals surface area (Å²) in [6, 6.07) is 4.00. The van der Waals surface area contributed by atoms with Gasteiger partial charge in [-0.05, 0) is 37.9 Å². The number of anilines is 1. The average Bonchev–Trinajstić information content (AvgIpc) is 2.63. The minimum atomic E-state index is -0.418. The van der Waals surface area contributed by atoms with Gasteiger partial charge in [0.2, 0.25) is 0 Å². The lowest BCUT2D eigenvalue weighted by atomic mass is 9.99. The molecule has 0 radical (unpaired) electrons. The number of nitro benzene ring substituents is 1. The van der Waals surface area contributed by atoms with E-state index in [9.17, 15) is 10.1 Å². The van der Waals surface area contributed by atoms with Crippen LogP contribution < -0.4 is 4.90 Å². The van der Waals surface area contributed by atoms with Crippen molar-refractivity contribution in [3.8, 4) is 0 Å². The first-order valence-electron chi connectivity index (χ1n) is 9.25. The first kappa shape index (κ1) is 19.1. The summed E-state index contributed by atoms with van der Waals surface area (Å²) in [5.74, 6) is 0. The smallest absolute Gasteiger partial charge is 0.288 e. The molecule has 1 aromatic rings. The molecule has 0 saturated carbocycles. The van der Waals surface area contributed by atoms with Gasteiger partial charge in [0, 0.05) is 57.1 Å². The standard InChI is InChI=1S/C19H27ClN4O2/c1-3-4-15-13-19(24(25)26)17(20)14-18(15)23-7-5-16(6-8-23)22-11-9-21(2)10-12-22/h3,13-14,16H,1,4-12H2,2H3. The van der Waals surface area contributed by atoms with Crippen molar-refractivity contribution in [3.05, 3.63) is 45.5 Å². The van der Waals surface area contributed by atoms with Crippen molar-refractivity contribution < 1.29 is 4.92 Å². The highest BCUT2D eigenvalue weighted by atomic mass is 35.5. The van der Waals surface area contributed by atoms with Crippen LogP contribution in [-0.4, -0.2) is 67.1 Å². The highest BCUT2D eigenvalue weighted by Crippen LogP contribution is 2.35. The molecule has 0 amide bonds. The first-order valence-corrected chi connectivity index (χ1v) is 9.62. The lowest BCUT2D eigenvalue weighted by Gasteiger charge is -2.43. The fraction of sp³-hybridized carbons (Fsp3) is 0.579. The van der Waals surface area contributed by atoms with Crippen molar-refractivity contribution in [1.29, 1.82) is 0 Å². The molecule has 0 N–H and O–H groups in total. The number of likely N-dealkylation sites (N-methyl/N-ethyl adjacent to an activating group) is 1. The van der Waals surface area contributed by atoms with E-state index in [0.29, 0.717) is 12.5 Å². The largest absolute Gasteiger partial charge is 0.371 e. The number of rotatable bonds is 5. The van der Waals surface area contributed by atoms with Crippen molar-refractivity contribution in [1.82, 2.24) is 9.80 Å². The Morgan fingerprint density at radius 3 is 2.46 bits per heavy atom. The molecule has 26 heavy (non-hydrogen) atoms. The molecule has 0 aliphatic carbocycles. The monoisotopic (exact) mass is 378 g/mol. The summed E-state index contributed by atoms with van der Waals surface area (Å²) in [5, 5.41) is 11.4. The van der Waals surface area contributed by atoms with Gasteiger partial charge in [-0.25, -0.2) is 0 Å². The second-order valence-electron chi connectivity index (χ2n) is 7.24. The molecule has 7 heteroatoms. The van der Waals surface area contributed by atoms with Crippen LogP contribution in [0.25, 0.3) is 0 Å². The number of allylic oxidation sites excluding steroid dienone is 1. The van der Waals surface area contributed by atoms with E-state index < -0.39 is 4.92 Å². The van der Waals surface area contributed by atoms with E-state index in [-0.39, 0.29) is 10.7 Å². The van der Waals surface area contributed by atoms with Gasteiger partial charge in [0.25, 0.3) is 5.69 Å². The molecule has 3 rings (SSSR count). The molecule has 142 valence electrons. The Morgan fingerprint density at radius 2 is 1.88 bits per heavy atom. The second-order valence-corrected chi connectivity index (χ2v) is 7.65. The molecule has 0 spiro atoms. The molecule has 2 aliphatic rings. The molecule has 2 fully saturated rings. The van der Waals surface area contributed by atoms with Crippen LogP contribution in [0.5, 0.6) is 0 Å². The predicted molar refractivity (Wildman–Crippen MR) is 106 cm³/mol. The highest BCUT2D eigenvalue weighted by molar-refractivity contribution is 6.33. The van der Waals surface area contributed by atoms with Gasteiger partial charge in [0.15, 0.2) is 0 Å². The van der Waals surface area contributed by atoms with Crippen LogP contribution >= 0.6 is 11.6 Å². The Bertz CT molecular complexity index is 666. The molecular weight excluding hydrogens is 352 g/mol. The Balaban J connectivity index is 1.71. The summed E-state index contributed by atoms with van der Waals surface area (Å²) in [6.45, 7) is 10.3. The van der Waals surface area contributed by atoms with E-state index in [1.54, 1.807) is 18.2 Å². The molecule has 0 aromatic heterocycles. The fourth-order valence-corrected chi connectivity index (χ4v) is 4.23. The Hall–Kier alpha value is -1.63. The molecule has 0 unspecified atom stereocenters. The predicted octanol–water partition coefficient (Wildman–Crippen LogP) is 3.19. The third kappa shape index (κ3) is 4.19. The van der Waals surface area contributed by atoms with Gasteiger partial charge >= 0.3 is 0 Å². The van der Waals surface area contributed by atoms with Crippen molar-refractivity contribution >= 4 is 23.0 Å². The van der Waals surface area contributed by atoms with Crippen molar-refractivity contribution in [2.75, 3.05) is 51.2 Å². The zero-order valence-electron chi connectivity index (χ0n) is 15.4. The maximum absolute atomic E-state index is 11.2. The van der Waals surface area contributed by atoms with E-state index in [1.165, 1.54) is 0 Å². The quantitative estimate of drug-likeness (QED) is 0.447. The van der Waals surface area contributed by atoms with Gasteiger partial charge in [0.05, 0.1) is 4.92 Å². The fourth-order valence-electron chi connectivity index (χ4n) is 4.01. The van der Waals surface area contributed by atoms with E-state index in [0.717, 1.165) is 63.4 Å². The van der Waals surface area contributed by atoms with E-state index >= 15 is 0 Å². The van der Waals surface area contributed by atoms with Crippen molar-refractivity contribution in [3.63, 3.8) is 0 Å². The van der Waals surface area contributed by atoms with Crippen LogP contribution in [0.4, 0.5) is 11.4 Å². The summed E-state index contributed by atoms with van der Waals surface area (Å²) in [6.07, 6.45) is 4.62. The highest BCUT2D eigenvalue weighted by Gasteiger charge is 2.28. The minimum absolute atomic E-state index is 0.0282. The van der Waals surface area contributed by atoms with E-state index in [1.807, 2.05) is 0 Å². The zero-order valence-corrected chi connectivity index (χ0v) is 16.1. The van der Waals surface area contributed by atoms with Crippen LogP contribution in [0.15, 0.2) is 24.8 Å². The maximum atomic E-state index is 11.2. The third-order valence-corrected chi connectivity index (χ3v) is 5.87. The van der Waals surface area contributed by atoms with Gasteiger partial charge in [-0.3, -0.25) is 15.0 Å². The van der Waals surface area contributed by atoms with Crippen LogP contribution in [0, 0.1) is 10.1 Å². The van der Waals surface area contributed by atoms with E-state index in [4.69, 9.17) is 11.6 Å². The van der Waals surface area contributed by atoms with Gasteiger partial charge in [-0.1, -0.05) is 17.7 Å². The summed E-state index contributed by atoms with van der Waals surface area (Å²) in [4.78, 5) is 18.1. The number of hydrogen-bond acceptors (Lipinski definition) is 5. The molecule has 2 aliphatic heterocycles. The van der Waals surface area contributed by atoms with Crippen LogP contribution in [-0.2, 0) is 6.42 Å². The third-order valence-electron chi connectivity index (χ3n) is 5.57. The van der Waals surface area contributed by atoms with Gasteiger partial charge in [-0.15, -0.1) is 6.58 Å². The molecule has 0 bridgehead atoms. The van der Waals surface area contributed by atoms with Crippen molar-refractivity contribution in [2.45, 2.75) is 25.3 Å². The summed E-state index contributed by atoms with van der Waals surface area (Å²) in [7, 11) is 2.18. The van der Waals surface area contributed by atoms with Crippen molar-refractivity contribution in [2.24, 2.45) is 0 Å². The number of hydrogen-bond donors (Lipinski definition) is 0. The number of nitrogens with zero attached hydrogens (tertiary/aromatic N) is 4. The zero-order chi connectivity index (χ0) is 18.7. The van der Waals surface area contributed by atoms with Gasteiger partial charge < -0.3 is 9.80 Å². The summed E-state index contributed by atoms with van der Waals surface area (Å²) < 4.78 is 0. The molecule has 1 aromatic carbocycles. The normalized spacial score (nSPS) is 20.3. The summed E-state index contributed by atoms with van der Waals surface area (Å²) >= 11 is 6.17. The van der Waals surface area contributed by atoms with Crippen LogP contribution in [0.2, 0.25) is 5.02 Å². The Kier molecular flexibility index (Phi) is 6.16. The number of piperidine rings is 1. The molecule has 6 nitrogen and oxygen atoms in total. The maximum Gasteiger partial charge on any atom is 0.288 e. The van der Waals surface area contributed by atoms with Crippen LogP contribution in [0.3, 0.4) is 0 Å². The first-order chi connectivity index (χ1) is 12.5. The Labute approximate surface area is 160 Å². The van der Waals surface area contributed by atoms with Gasteiger partial charge in [0.1, 0.15) is 5.02 Å². The SMILES string of the molecule is C=CCc1cc([N+](=O)[O-])c(Cl)cc1N1CCC(N2CCN(C)CC2)CC1. The number of nitro groups is 1. The molecule has 2 saturated heterocycles. The number of piperazine rings is 1. The molecule has 2 heterocycles. The lowest BCUT2D eigenvalue weighted by molar-refractivity contribution is -0.384. The summed E-state index contributed by atoms with van der Waals surface area (Å²) in [5.41, 5.74) is 1.91. The van der Waals surface area contributed by atoms with Crippen LogP contribution in [0.1, 0.15) is 18.4 Å². The Morgan fingerprint density at radius 1 is 1.23 bits per heavy atom. The topological polar surface area (TPSA) is 52.9 Å². The second kappa shape index (κ2) is 8.37. The number of halogens is 1. The molecule has 0 atom stereocenters. The average molecular weight is 379 g/mol. The van der Waals surface area contributed by atoms with E-state index in [2.05, 4.69) is 28.3 Å².